The molecule has 1 heterocycles. The average Bonchev–Trinajstić information content (AvgIpc) is 2.77. The van der Waals surface area contributed by atoms with Crippen molar-refractivity contribution in [2.75, 3.05) is 6.54 Å². The lowest BCUT2D eigenvalue weighted by Crippen LogP contribution is -2.55. The molecular formula is C27H29NO2. The fourth-order valence-corrected chi connectivity index (χ4v) is 5.24. The summed E-state index contributed by atoms with van der Waals surface area (Å²) in [6, 6.07) is 32.4. The minimum absolute atomic E-state index is 0.230. The van der Waals surface area contributed by atoms with Crippen molar-refractivity contribution in [1.29, 1.82) is 0 Å². The molecular weight excluding hydrogens is 370 g/mol. The third-order valence-electron chi connectivity index (χ3n) is 6.45. The lowest BCUT2D eigenvalue weighted by molar-refractivity contribution is -0.138. The molecule has 0 bridgehead atoms. The molecule has 0 aliphatic carbocycles. The van der Waals surface area contributed by atoms with Gasteiger partial charge in [0.1, 0.15) is 0 Å². The quantitative estimate of drug-likeness (QED) is 0.552. The lowest BCUT2D eigenvalue weighted by atomic mass is 9.73. The fraction of sp³-hybridized carbons (Fsp3) is 0.296. The Hall–Kier alpha value is -2.91. The molecule has 1 fully saturated rings. The van der Waals surface area contributed by atoms with Crippen molar-refractivity contribution in [2.45, 2.75) is 37.8 Å². The molecule has 2 atom stereocenters. The van der Waals surface area contributed by atoms with E-state index in [0.29, 0.717) is 0 Å². The maximum Gasteiger partial charge on any atom is 0.303 e. The molecule has 2 unspecified atom stereocenters. The summed E-state index contributed by atoms with van der Waals surface area (Å²) >= 11 is 0. The largest absolute Gasteiger partial charge is 0.481 e. The van der Waals surface area contributed by atoms with Gasteiger partial charge in [-0.15, -0.1) is 0 Å². The number of benzene rings is 3. The minimum Gasteiger partial charge on any atom is -0.481 e. The van der Waals surface area contributed by atoms with Crippen LogP contribution in [0.25, 0.3) is 0 Å². The zero-order valence-corrected chi connectivity index (χ0v) is 17.4. The molecule has 154 valence electrons. The first-order valence-electron chi connectivity index (χ1n) is 10.8. The van der Waals surface area contributed by atoms with Crippen LogP contribution in [-0.4, -0.2) is 28.6 Å². The van der Waals surface area contributed by atoms with Gasteiger partial charge in [0, 0.05) is 19.0 Å². The van der Waals surface area contributed by atoms with Gasteiger partial charge in [0.05, 0.1) is 5.54 Å². The van der Waals surface area contributed by atoms with E-state index in [4.69, 9.17) is 0 Å². The van der Waals surface area contributed by atoms with E-state index in [1.54, 1.807) is 0 Å². The Morgan fingerprint density at radius 2 is 1.30 bits per heavy atom. The van der Waals surface area contributed by atoms with Crippen LogP contribution < -0.4 is 0 Å². The number of nitrogens with zero attached hydrogens (tertiary/aromatic N) is 1. The molecule has 0 saturated carbocycles. The first kappa shape index (κ1) is 20.4. The van der Waals surface area contributed by atoms with Crippen LogP contribution in [0.4, 0.5) is 0 Å². The first-order valence-corrected chi connectivity index (χ1v) is 10.8. The Balaban J connectivity index is 1.89. The summed E-state index contributed by atoms with van der Waals surface area (Å²) in [5, 5.41) is 9.30. The summed E-state index contributed by atoms with van der Waals surface area (Å²) in [7, 11) is 0. The van der Waals surface area contributed by atoms with Gasteiger partial charge in [-0.25, -0.2) is 0 Å². The number of rotatable bonds is 6. The van der Waals surface area contributed by atoms with Crippen molar-refractivity contribution in [2.24, 2.45) is 5.92 Å². The normalized spacial score (nSPS) is 20.0. The van der Waals surface area contributed by atoms with E-state index < -0.39 is 11.5 Å². The van der Waals surface area contributed by atoms with Gasteiger partial charge in [-0.2, -0.15) is 0 Å². The SMILES string of the molecule is CC1CC(CC(=O)O)CCN1C(c1ccccc1)(c1ccccc1)c1ccccc1. The Bertz CT molecular complexity index is 859. The number of hydrogen-bond donors (Lipinski definition) is 1. The van der Waals surface area contributed by atoms with Crippen LogP contribution in [0.5, 0.6) is 0 Å². The monoisotopic (exact) mass is 399 g/mol. The lowest BCUT2D eigenvalue weighted by Gasteiger charge is -2.51. The molecule has 3 nitrogen and oxygen atoms in total. The standard InChI is InChI=1S/C27H29NO2/c1-21-19-22(20-26(29)30)17-18-28(21)27(23-11-5-2-6-12-23,24-13-7-3-8-14-24)25-15-9-4-10-16-25/h2-16,21-22H,17-20H2,1H3,(H,29,30). The van der Waals surface area contributed by atoms with Gasteiger partial charge in [-0.05, 0) is 42.4 Å². The topological polar surface area (TPSA) is 40.5 Å². The number of piperidine rings is 1. The Morgan fingerprint density at radius 3 is 1.67 bits per heavy atom. The average molecular weight is 400 g/mol. The molecule has 3 heteroatoms. The van der Waals surface area contributed by atoms with Crippen molar-refractivity contribution in [1.82, 2.24) is 4.90 Å². The molecule has 4 rings (SSSR count). The van der Waals surface area contributed by atoms with Crippen LogP contribution in [-0.2, 0) is 10.3 Å². The van der Waals surface area contributed by atoms with E-state index in [1.807, 2.05) is 0 Å². The van der Waals surface area contributed by atoms with Crippen LogP contribution >= 0.6 is 0 Å². The van der Waals surface area contributed by atoms with Gasteiger partial charge >= 0.3 is 5.97 Å². The highest BCUT2D eigenvalue weighted by Crippen LogP contribution is 2.46. The first-order chi connectivity index (χ1) is 14.6. The third kappa shape index (κ3) is 3.78. The van der Waals surface area contributed by atoms with Gasteiger partial charge < -0.3 is 5.11 Å². The van der Waals surface area contributed by atoms with Crippen LogP contribution in [0.1, 0.15) is 42.9 Å². The van der Waals surface area contributed by atoms with Gasteiger partial charge in [0.25, 0.3) is 0 Å². The Morgan fingerprint density at radius 1 is 0.867 bits per heavy atom. The molecule has 3 aromatic rings. The molecule has 0 radical (unpaired) electrons. The Kier molecular flexibility index (Phi) is 6.01. The van der Waals surface area contributed by atoms with Gasteiger partial charge in [0.2, 0.25) is 0 Å². The van der Waals surface area contributed by atoms with Gasteiger partial charge in [-0.1, -0.05) is 91.0 Å². The maximum absolute atomic E-state index is 11.3. The second kappa shape index (κ2) is 8.85. The number of aliphatic carboxylic acids is 1. The molecule has 1 aliphatic heterocycles. The molecule has 1 N–H and O–H groups in total. The molecule has 0 amide bonds. The number of carboxylic acids is 1. The van der Waals surface area contributed by atoms with Crippen LogP contribution in [0.2, 0.25) is 0 Å². The van der Waals surface area contributed by atoms with Crippen LogP contribution in [0.3, 0.4) is 0 Å². The van der Waals surface area contributed by atoms with Crippen LogP contribution in [0.15, 0.2) is 91.0 Å². The summed E-state index contributed by atoms with van der Waals surface area (Å²) in [5.41, 5.74) is 3.31. The minimum atomic E-state index is -0.693. The van der Waals surface area contributed by atoms with Crippen molar-refractivity contribution >= 4 is 5.97 Å². The van der Waals surface area contributed by atoms with E-state index in [-0.39, 0.29) is 18.4 Å². The summed E-state index contributed by atoms with van der Waals surface area (Å²) in [4.78, 5) is 13.9. The Labute approximate surface area is 179 Å². The fourth-order valence-electron chi connectivity index (χ4n) is 5.24. The van der Waals surface area contributed by atoms with Crippen molar-refractivity contribution in [3.8, 4) is 0 Å². The highest BCUT2D eigenvalue weighted by Gasteiger charge is 2.45. The number of likely N-dealkylation sites (tertiary alicyclic amines) is 1. The predicted octanol–water partition coefficient (Wildman–Crippen LogP) is 5.55. The smallest absolute Gasteiger partial charge is 0.303 e. The third-order valence-corrected chi connectivity index (χ3v) is 6.45. The van der Waals surface area contributed by atoms with Gasteiger partial charge in [-0.3, -0.25) is 9.69 Å². The number of hydrogen-bond acceptors (Lipinski definition) is 2. The highest BCUT2D eigenvalue weighted by molar-refractivity contribution is 5.67. The second-order valence-corrected chi connectivity index (χ2v) is 8.34. The molecule has 0 aromatic heterocycles. The highest BCUT2D eigenvalue weighted by atomic mass is 16.4. The number of carbonyl (C=O) groups is 1. The van der Waals surface area contributed by atoms with Crippen molar-refractivity contribution in [3.63, 3.8) is 0 Å². The molecule has 30 heavy (non-hydrogen) atoms. The summed E-state index contributed by atoms with van der Waals surface area (Å²) in [6.45, 7) is 3.11. The molecule has 3 aromatic carbocycles. The van der Waals surface area contributed by atoms with E-state index in [9.17, 15) is 9.90 Å². The predicted molar refractivity (Wildman–Crippen MR) is 120 cm³/mol. The molecule has 0 spiro atoms. The zero-order chi connectivity index (χ0) is 21.0. The van der Waals surface area contributed by atoms with E-state index in [2.05, 4.69) is 103 Å². The second-order valence-electron chi connectivity index (χ2n) is 8.34. The van der Waals surface area contributed by atoms with Gasteiger partial charge in [0.15, 0.2) is 0 Å². The van der Waals surface area contributed by atoms with Crippen molar-refractivity contribution in [3.05, 3.63) is 108 Å². The van der Waals surface area contributed by atoms with E-state index >= 15 is 0 Å². The molecule has 1 saturated heterocycles. The maximum atomic E-state index is 11.3. The summed E-state index contributed by atoms with van der Waals surface area (Å²) in [6.07, 6.45) is 2.04. The van der Waals surface area contributed by atoms with Crippen molar-refractivity contribution < 1.29 is 9.90 Å². The van der Waals surface area contributed by atoms with E-state index in [1.165, 1.54) is 16.7 Å². The van der Waals surface area contributed by atoms with Crippen LogP contribution in [0, 0.1) is 5.92 Å². The molecule has 1 aliphatic rings. The van der Waals surface area contributed by atoms with E-state index in [0.717, 1.165) is 19.4 Å². The summed E-state index contributed by atoms with van der Waals surface area (Å²) in [5.74, 6) is -0.463. The summed E-state index contributed by atoms with van der Waals surface area (Å²) < 4.78 is 0. The number of carboxylic acid groups (broad SMARTS) is 1. The zero-order valence-electron chi connectivity index (χ0n) is 17.4.